The molecule has 0 amide bonds. The van der Waals surface area contributed by atoms with E-state index in [2.05, 4.69) is 27.4 Å². The predicted octanol–water partition coefficient (Wildman–Crippen LogP) is 2.75. The van der Waals surface area contributed by atoms with Gasteiger partial charge in [-0.3, -0.25) is 0 Å². The molecule has 0 radical (unpaired) electrons. The van der Waals surface area contributed by atoms with Crippen LogP contribution in [0.3, 0.4) is 0 Å². The number of aliphatic hydroxyl groups is 1. The molecular formula is C21H24ClN5O2. The first-order chi connectivity index (χ1) is 13.9. The van der Waals surface area contributed by atoms with Crippen molar-refractivity contribution in [2.45, 2.75) is 38.0 Å². The van der Waals surface area contributed by atoms with E-state index in [1.807, 2.05) is 12.3 Å². The van der Waals surface area contributed by atoms with Crippen LogP contribution in [0.4, 0.5) is 5.82 Å². The number of pyridine rings is 2. The van der Waals surface area contributed by atoms with Gasteiger partial charge in [0.15, 0.2) is 0 Å². The second-order valence-electron chi connectivity index (χ2n) is 8.58. The zero-order chi connectivity index (χ0) is 20.2. The summed E-state index contributed by atoms with van der Waals surface area (Å²) in [6.07, 6.45) is 6.53. The van der Waals surface area contributed by atoms with E-state index in [4.69, 9.17) is 21.3 Å². The highest BCUT2D eigenvalue weighted by molar-refractivity contribution is 6.34. The standard InChI is InChI=1S/C21H24ClN5O2/c1-21(2,28)12-29-16-6-17(20-18(22)8-24-27(20)11-16)13-3-4-19(23-7-13)26-9-14-5-15(10-26)25-14/h3-4,6-8,11,14-15,25,28H,5,9-10,12H2,1-2H3. The van der Waals surface area contributed by atoms with Crippen LogP contribution < -0.4 is 15.0 Å². The Morgan fingerprint density at radius 2 is 2.03 bits per heavy atom. The molecular weight excluding hydrogens is 390 g/mol. The average molecular weight is 414 g/mol. The number of halogens is 1. The number of anilines is 1. The van der Waals surface area contributed by atoms with E-state index in [1.54, 1.807) is 30.8 Å². The normalized spacial score (nSPS) is 21.3. The summed E-state index contributed by atoms with van der Waals surface area (Å²) < 4.78 is 7.50. The van der Waals surface area contributed by atoms with Crippen molar-refractivity contribution in [3.05, 3.63) is 41.8 Å². The van der Waals surface area contributed by atoms with Gasteiger partial charge in [-0.05, 0) is 38.5 Å². The van der Waals surface area contributed by atoms with Gasteiger partial charge in [0.25, 0.3) is 0 Å². The highest BCUT2D eigenvalue weighted by atomic mass is 35.5. The molecule has 0 aliphatic carbocycles. The third-order valence-electron chi connectivity index (χ3n) is 5.44. The van der Waals surface area contributed by atoms with E-state index in [0.29, 0.717) is 22.9 Å². The Balaban J connectivity index is 1.47. The van der Waals surface area contributed by atoms with E-state index >= 15 is 0 Å². The number of piperazine rings is 1. The largest absolute Gasteiger partial charge is 0.489 e. The molecule has 3 aromatic heterocycles. The van der Waals surface area contributed by atoms with Crippen LogP contribution >= 0.6 is 11.6 Å². The smallest absolute Gasteiger partial charge is 0.138 e. The van der Waals surface area contributed by atoms with Crippen molar-refractivity contribution in [3.63, 3.8) is 0 Å². The number of hydrogen-bond acceptors (Lipinski definition) is 6. The minimum Gasteiger partial charge on any atom is -0.489 e. The average Bonchev–Trinajstić information content (AvgIpc) is 3.06. The van der Waals surface area contributed by atoms with Gasteiger partial charge in [0.1, 0.15) is 18.2 Å². The van der Waals surface area contributed by atoms with Crippen LogP contribution in [-0.4, -0.2) is 57.1 Å². The lowest BCUT2D eigenvalue weighted by atomic mass is 9.91. The number of ether oxygens (including phenoxy) is 1. The summed E-state index contributed by atoms with van der Waals surface area (Å²) in [6.45, 7) is 5.60. The van der Waals surface area contributed by atoms with E-state index in [1.165, 1.54) is 6.42 Å². The molecule has 0 aromatic carbocycles. The maximum Gasteiger partial charge on any atom is 0.138 e. The molecule has 6 heterocycles. The lowest BCUT2D eigenvalue weighted by Crippen LogP contribution is -2.67. The Morgan fingerprint density at radius 1 is 1.28 bits per heavy atom. The fourth-order valence-corrected chi connectivity index (χ4v) is 4.28. The minimum atomic E-state index is -0.926. The zero-order valence-electron chi connectivity index (χ0n) is 16.5. The topological polar surface area (TPSA) is 74.9 Å². The van der Waals surface area contributed by atoms with Gasteiger partial charge in [-0.15, -0.1) is 0 Å². The van der Waals surface area contributed by atoms with E-state index in [-0.39, 0.29) is 6.61 Å². The molecule has 2 N–H and O–H groups in total. The van der Waals surface area contributed by atoms with Crippen molar-refractivity contribution in [2.24, 2.45) is 0 Å². The molecule has 152 valence electrons. The third-order valence-corrected chi connectivity index (χ3v) is 5.72. The first-order valence-corrected chi connectivity index (χ1v) is 10.2. The summed E-state index contributed by atoms with van der Waals surface area (Å²) in [7, 11) is 0. The van der Waals surface area contributed by atoms with Gasteiger partial charge >= 0.3 is 0 Å². The number of rotatable bonds is 5. The molecule has 6 rings (SSSR count). The third kappa shape index (κ3) is 3.66. The van der Waals surface area contributed by atoms with Gasteiger partial charge in [0.2, 0.25) is 0 Å². The van der Waals surface area contributed by atoms with E-state index < -0.39 is 5.60 Å². The summed E-state index contributed by atoms with van der Waals surface area (Å²) in [5.41, 5.74) is 1.71. The Kier molecular flexibility index (Phi) is 4.42. The van der Waals surface area contributed by atoms with Crippen LogP contribution in [0.2, 0.25) is 5.02 Å². The minimum absolute atomic E-state index is 0.176. The van der Waals surface area contributed by atoms with E-state index in [0.717, 1.165) is 35.6 Å². The highest BCUT2D eigenvalue weighted by Crippen LogP contribution is 2.34. The summed E-state index contributed by atoms with van der Waals surface area (Å²) in [5, 5.41) is 18.4. The van der Waals surface area contributed by atoms with Crippen LogP contribution in [0.25, 0.3) is 16.6 Å². The quantitative estimate of drug-likeness (QED) is 0.670. The maximum absolute atomic E-state index is 9.97. The lowest BCUT2D eigenvalue weighted by molar-refractivity contribution is 0.0283. The molecule has 29 heavy (non-hydrogen) atoms. The molecule has 3 aromatic rings. The molecule has 2 unspecified atom stereocenters. The number of piperidine rings is 1. The Hall–Kier alpha value is -2.35. The zero-order valence-corrected chi connectivity index (χ0v) is 17.2. The van der Waals surface area contributed by atoms with Gasteiger partial charge in [-0.1, -0.05) is 11.6 Å². The van der Waals surface area contributed by atoms with Gasteiger partial charge in [0.05, 0.1) is 28.5 Å². The van der Waals surface area contributed by atoms with Crippen molar-refractivity contribution in [3.8, 4) is 16.9 Å². The number of hydrogen-bond donors (Lipinski definition) is 2. The molecule has 3 fully saturated rings. The van der Waals surface area contributed by atoms with Gasteiger partial charge in [0, 0.05) is 42.5 Å². The first-order valence-electron chi connectivity index (χ1n) is 9.85. The van der Waals surface area contributed by atoms with Gasteiger partial charge in [-0.25, -0.2) is 9.50 Å². The van der Waals surface area contributed by atoms with Crippen molar-refractivity contribution in [1.82, 2.24) is 19.9 Å². The van der Waals surface area contributed by atoms with Crippen LogP contribution in [-0.2, 0) is 0 Å². The molecule has 8 heteroatoms. The molecule has 3 aliphatic rings. The number of fused-ring (bicyclic) bond motifs is 3. The predicted molar refractivity (Wildman–Crippen MR) is 113 cm³/mol. The fraction of sp³-hybridized carbons (Fsp3) is 0.429. The molecule has 3 saturated heterocycles. The Bertz CT molecular complexity index is 1030. The van der Waals surface area contributed by atoms with Gasteiger partial charge in [-0.2, -0.15) is 5.10 Å². The van der Waals surface area contributed by atoms with Crippen LogP contribution in [0.5, 0.6) is 5.75 Å². The molecule has 2 atom stereocenters. The van der Waals surface area contributed by atoms with Crippen LogP contribution in [0.1, 0.15) is 20.3 Å². The fourth-order valence-electron chi connectivity index (χ4n) is 4.05. The maximum atomic E-state index is 9.97. The lowest BCUT2D eigenvalue weighted by Gasteiger charge is -2.48. The van der Waals surface area contributed by atoms with Crippen molar-refractivity contribution in [1.29, 1.82) is 0 Å². The second-order valence-corrected chi connectivity index (χ2v) is 8.99. The van der Waals surface area contributed by atoms with E-state index in [9.17, 15) is 5.11 Å². The first kappa shape index (κ1) is 18.7. The summed E-state index contributed by atoms with van der Waals surface area (Å²) in [5.74, 6) is 1.61. The molecule has 0 saturated carbocycles. The van der Waals surface area contributed by atoms with Crippen LogP contribution in [0, 0.1) is 0 Å². The molecule has 0 spiro atoms. The van der Waals surface area contributed by atoms with Gasteiger partial charge < -0.3 is 20.1 Å². The number of aromatic nitrogens is 3. The SMILES string of the molecule is CC(C)(O)COc1cc(-c2ccc(N3CC4CC(C3)N4)nc2)c2c(Cl)cnn2c1. The van der Waals surface area contributed by atoms with Crippen molar-refractivity contribution < 1.29 is 9.84 Å². The number of nitrogens with zero attached hydrogens (tertiary/aromatic N) is 4. The van der Waals surface area contributed by atoms with Crippen LogP contribution in [0.15, 0.2) is 36.8 Å². The second kappa shape index (κ2) is 6.86. The summed E-state index contributed by atoms with van der Waals surface area (Å²) in [4.78, 5) is 7.05. The number of nitrogens with one attached hydrogen (secondary N) is 1. The Labute approximate surface area is 174 Å². The molecule has 2 bridgehead atoms. The monoisotopic (exact) mass is 413 g/mol. The molecule has 7 nitrogen and oxygen atoms in total. The summed E-state index contributed by atoms with van der Waals surface area (Å²) in [6, 6.07) is 7.22. The van der Waals surface area contributed by atoms with Crippen molar-refractivity contribution in [2.75, 3.05) is 24.6 Å². The highest BCUT2D eigenvalue weighted by Gasteiger charge is 2.36. The van der Waals surface area contributed by atoms with Crippen molar-refractivity contribution >= 4 is 22.9 Å². The molecule has 3 aliphatic heterocycles. The summed E-state index contributed by atoms with van der Waals surface area (Å²) >= 11 is 6.40. The Morgan fingerprint density at radius 3 is 2.69 bits per heavy atom.